The van der Waals surface area contributed by atoms with Crippen molar-refractivity contribution < 1.29 is 9.53 Å². The minimum absolute atomic E-state index is 0.222. The average molecular weight is 503 g/mol. The monoisotopic (exact) mass is 502 g/mol. The van der Waals surface area contributed by atoms with Crippen molar-refractivity contribution >= 4 is 23.5 Å². The van der Waals surface area contributed by atoms with Gasteiger partial charge in [-0.25, -0.2) is 24.7 Å². The molecule has 10 nitrogen and oxygen atoms in total. The van der Waals surface area contributed by atoms with Crippen molar-refractivity contribution in [2.75, 3.05) is 54.5 Å². The van der Waals surface area contributed by atoms with Crippen LogP contribution in [0, 0.1) is 0 Å². The van der Waals surface area contributed by atoms with Crippen LogP contribution in [-0.2, 0) is 24.1 Å². The van der Waals surface area contributed by atoms with Crippen LogP contribution in [0.2, 0.25) is 0 Å². The number of aromatic nitrogens is 4. The van der Waals surface area contributed by atoms with Gasteiger partial charge in [0, 0.05) is 62.0 Å². The Bertz CT molecular complexity index is 1210. The molecule has 194 valence electrons. The molecule has 4 heterocycles. The van der Waals surface area contributed by atoms with Gasteiger partial charge in [0.05, 0.1) is 18.8 Å². The molecule has 2 aromatic heterocycles. The molecule has 0 bridgehead atoms. The fourth-order valence-electron chi connectivity index (χ4n) is 4.66. The summed E-state index contributed by atoms with van der Waals surface area (Å²) >= 11 is 0. The number of hydrogen-bond donors (Lipinski definition) is 2. The molecule has 37 heavy (non-hydrogen) atoms. The molecular formula is C27H34N8O2. The lowest BCUT2D eigenvalue weighted by Crippen LogP contribution is -2.36. The maximum atomic E-state index is 11.9. The number of hydrogen-bond acceptors (Lipinski definition) is 8. The molecule has 0 saturated carbocycles. The highest BCUT2D eigenvalue weighted by Crippen LogP contribution is 2.31. The lowest BCUT2D eigenvalue weighted by molar-refractivity contribution is 0.152. The Hall–Kier alpha value is -3.79. The zero-order valence-electron chi connectivity index (χ0n) is 21.5. The van der Waals surface area contributed by atoms with Gasteiger partial charge in [-0.1, -0.05) is 6.92 Å². The molecule has 2 aliphatic heterocycles. The predicted octanol–water partition coefficient (Wildman–Crippen LogP) is 3.43. The standard InChI is InChI=1S/C27H34N8O2/c1-3-19-16-29-26(30-17-19)35-12-10-22-23(18-35)32-24(33-25(22)34-11-5-14-37-15-13-34)20-6-8-21(9-7-20)31-27(36)28-4-2/h6-9,16-17H,3-5,10-15,18H2,1-2H3,(H2,28,31,36). The van der Waals surface area contributed by atoms with Crippen LogP contribution in [0.5, 0.6) is 0 Å². The summed E-state index contributed by atoms with van der Waals surface area (Å²) in [6.45, 7) is 9.19. The molecule has 2 amide bonds. The Balaban J connectivity index is 1.47. The summed E-state index contributed by atoms with van der Waals surface area (Å²) in [6, 6.07) is 7.43. The Morgan fingerprint density at radius 2 is 1.81 bits per heavy atom. The van der Waals surface area contributed by atoms with Gasteiger partial charge in [0.2, 0.25) is 5.95 Å². The summed E-state index contributed by atoms with van der Waals surface area (Å²) in [4.78, 5) is 35.7. The summed E-state index contributed by atoms with van der Waals surface area (Å²) in [6.07, 6.45) is 6.53. The minimum atomic E-state index is -0.222. The molecule has 1 aromatic carbocycles. The zero-order valence-corrected chi connectivity index (χ0v) is 21.5. The molecule has 0 unspecified atom stereocenters. The van der Waals surface area contributed by atoms with Gasteiger partial charge >= 0.3 is 6.03 Å². The van der Waals surface area contributed by atoms with Crippen LogP contribution in [0.1, 0.15) is 37.1 Å². The quantitative estimate of drug-likeness (QED) is 0.528. The summed E-state index contributed by atoms with van der Waals surface area (Å²) in [7, 11) is 0. The number of nitrogens with one attached hydrogen (secondary N) is 2. The maximum absolute atomic E-state index is 11.9. The van der Waals surface area contributed by atoms with E-state index in [9.17, 15) is 4.79 Å². The van der Waals surface area contributed by atoms with Crippen LogP contribution < -0.4 is 20.4 Å². The van der Waals surface area contributed by atoms with Gasteiger partial charge in [-0.05, 0) is 56.0 Å². The highest BCUT2D eigenvalue weighted by atomic mass is 16.5. The van der Waals surface area contributed by atoms with Gasteiger partial charge in [0.1, 0.15) is 5.82 Å². The molecule has 1 fully saturated rings. The third-order valence-corrected chi connectivity index (χ3v) is 6.69. The Morgan fingerprint density at radius 1 is 1.00 bits per heavy atom. The first-order valence-electron chi connectivity index (χ1n) is 13.1. The first-order valence-corrected chi connectivity index (χ1v) is 13.1. The van der Waals surface area contributed by atoms with Crippen molar-refractivity contribution in [3.8, 4) is 11.4 Å². The van der Waals surface area contributed by atoms with Gasteiger partial charge in [0.15, 0.2) is 5.82 Å². The maximum Gasteiger partial charge on any atom is 0.319 e. The summed E-state index contributed by atoms with van der Waals surface area (Å²) in [5, 5.41) is 5.58. The fraction of sp³-hybridized carbons (Fsp3) is 0.444. The molecule has 0 radical (unpaired) electrons. The van der Waals surface area contributed by atoms with E-state index >= 15 is 0 Å². The third kappa shape index (κ3) is 5.80. The molecule has 3 aromatic rings. The number of carbonyl (C=O) groups excluding carboxylic acids is 1. The molecule has 0 aliphatic carbocycles. The van der Waals surface area contributed by atoms with Gasteiger partial charge in [0.25, 0.3) is 0 Å². The number of aryl methyl sites for hydroxylation is 1. The van der Waals surface area contributed by atoms with Gasteiger partial charge in [-0.2, -0.15) is 0 Å². The van der Waals surface area contributed by atoms with Crippen LogP contribution in [0.4, 0.5) is 22.2 Å². The van der Waals surface area contributed by atoms with E-state index in [0.29, 0.717) is 25.5 Å². The van der Waals surface area contributed by atoms with Crippen LogP contribution >= 0.6 is 0 Å². The number of ether oxygens (including phenoxy) is 1. The Morgan fingerprint density at radius 3 is 2.57 bits per heavy atom. The zero-order chi connectivity index (χ0) is 25.6. The number of urea groups is 1. The minimum Gasteiger partial charge on any atom is -0.380 e. The van der Waals surface area contributed by atoms with Crippen molar-refractivity contribution in [3.05, 3.63) is 53.5 Å². The second-order valence-corrected chi connectivity index (χ2v) is 9.23. The van der Waals surface area contributed by atoms with E-state index in [0.717, 1.165) is 79.8 Å². The second-order valence-electron chi connectivity index (χ2n) is 9.23. The van der Waals surface area contributed by atoms with Gasteiger partial charge in [-0.15, -0.1) is 0 Å². The van der Waals surface area contributed by atoms with Crippen molar-refractivity contribution in [1.82, 2.24) is 25.3 Å². The number of carbonyl (C=O) groups is 1. The van der Waals surface area contributed by atoms with E-state index in [-0.39, 0.29) is 6.03 Å². The molecule has 2 N–H and O–H groups in total. The molecule has 2 aliphatic rings. The number of fused-ring (bicyclic) bond motifs is 1. The van der Waals surface area contributed by atoms with E-state index in [1.165, 1.54) is 5.56 Å². The van der Waals surface area contributed by atoms with Gasteiger partial charge in [-0.3, -0.25) is 0 Å². The highest BCUT2D eigenvalue weighted by molar-refractivity contribution is 5.89. The average Bonchev–Trinajstić information content (AvgIpc) is 3.22. The van der Waals surface area contributed by atoms with E-state index < -0.39 is 0 Å². The van der Waals surface area contributed by atoms with E-state index in [1.807, 2.05) is 43.6 Å². The molecule has 5 rings (SSSR count). The van der Waals surface area contributed by atoms with Crippen LogP contribution in [0.15, 0.2) is 36.7 Å². The highest BCUT2D eigenvalue weighted by Gasteiger charge is 2.27. The molecule has 1 saturated heterocycles. The fourth-order valence-corrected chi connectivity index (χ4v) is 4.66. The van der Waals surface area contributed by atoms with E-state index in [4.69, 9.17) is 14.7 Å². The molecule has 10 heteroatoms. The van der Waals surface area contributed by atoms with Crippen molar-refractivity contribution in [3.63, 3.8) is 0 Å². The SMILES string of the molecule is CCNC(=O)Nc1ccc(-c2nc3c(c(N4CCCOCC4)n2)CCN(c2ncc(CC)cn2)C3)cc1. The number of nitrogens with zero attached hydrogens (tertiary/aromatic N) is 6. The first-order chi connectivity index (χ1) is 18.1. The number of amides is 2. The van der Waals surface area contributed by atoms with Crippen LogP contribution in [0.25, 0.3) is 11.4 Å². The summed E-state index contributed by atoms with van der Waals surface area (Å²) < 4.78 is 5.71. The smallest absolute Gasteiger partial charge is 0.319 e. The second kappa shape index (κ2) is 11.5. The van der Waals surface area contributed by atoms with Crippen molar-refractivity contribution in [2.24, 2.45) is 0 Å². The number of rotatable bonds is 6. The largest absolute Gasteiger partial charge is 0.380 e. The third-order valence-electron chi connectivity index (χ3n) is 6.69. The Labute approximate surface area is 217 Å². The van der Waals surface area contributed by atoms with Crippen molar-refractivity contribution in [2.45, 2.75) is 39.7 Å². The predicted molar refractivity (Wildman–Crippen MR) is 144 cm³/mol. The lowest BCUT2D eigenvalue weighted by atomic mass is 10.0. The number of anilines is 3. The van der Waals surface area contributed by atoms with Gasteiger partial charge < -0.3 is 25.2 Å². The summed E-state index contributed by atoms with van der Waals surface area (Å²) in [5.74, 6) is 2.40. The van der Waals surface area contributed by atoms with Crippen molar-refractivity contribution in [1.29, 1.82) is 0 Å². The molecule has 0 atom stereocenters. The first kappa shape index (κ1) is 24.9. The van der Waals surface area contributed by atoms with E-state index in [2.05, 4.69) is 37.3 Å². The van der Waals surface area contributed by atoms with Crippen LogP contribution in [-0.4, -0.2) is 65.4 Å². The Kier molecular flexibility index (Phi) is 7.74. The number of benzene rings is 1. The molecule has 0 spiro atoms. The van der Waals surface area contributed by atoms with E-state index in [1.54, 1.807) is 0 Å². The topological polar surface area (TPSA) is 108 Å². The molecular weight excluding hydrogens is 468 g/mol. The summed E-state index contributed by atoms with van der Waals surface area (Å²) in [5.41, 5.74) is 4.95. The lowest BCUT2D eigenvalue weighted by Gasteiger charge is -2.32. The normalized spacial score (nSPS) is 15.6. The van der Waals surface area contributed by atoms with Crippen LogP contribution in [0.3, 0.4) is 0 Å².